The van der Waals surface area contributed by atoms with Crippen LogP contribution in [0.1, 0.15) is 17.9 Å². The summed E-state index contributed by atoms with van der Waals surface area (Å²) < 4.78 is 2.23. The van der Waals surface area contributed by atoms with Crippen molar-refractivity contribution in [1.29, 1.82) is 0 Å². The molecule has 0 radical (unpaired) electrons. The lowest BCUT2D eigenvalue weighted by atomic mass is 10.1. The highest BCUT2D eigenvalue weighted by Crippen LogP contribution is 2.26. The van der Waals surface area contributed by atoms with Gasteiger partial charge in [-0.15, -0.1) is 0 Å². The molecular formula is C13H17N3S. The van der Waals surface area contributed by atoms with Crippen molar-refractivity contribution in [2.24, 2.45) is 11.7 Å². The summed E-state index contributed by atoms with van der Waals surface area (Å²) in [5, 5.41) is 0. The highest BCUT2D eigenvalue weighted by molar-refractivity contribution is 7.99. The van der Waals surface area contributed by atoms with Crippen LogP contribution < -0.4 is 5.73 Å². The fraction of sp³-hybridized carbons (Fsp3) is 0.462. The molecule has 0 aromatic carbocycles. The Bertz CT molecular complexity index is 514. The Morgan fingerprint density at radius 1 is 1.47 bits per heavy atom. The van der Waals surface area contributed by atoms with Gasteiger partial charge >= 0.3 is 0 Å². The summed E-state index contributed by atoms with van der Waals surface area (Å²) in [6.07, 6.45) is 4.36. The first-order chi connectivity index (χ1) is 8.38. The van der Waals surface area contributed by atoms with Crippen LogP contribution in [0.5, 0.6) is 0 Å². The van der Waals surface area contributed by atoms with Crippen molar-refractivity contribution in [2.75, 3.05) is 11.5 Å². The molecule has 3 heterocycles. The Morgan fingerprint density at radius 3 is 3.18 bits per heavy atom. The van der Waals surface area contributed by atoms with Crippen molar-refractivity contribution in [3.8, 4) is 0 Å². The van der Waals surface area contributed by atoms with E-state index in [0.717, 1.165) is 23.5 Å². The highest BCUT2D eigenvalue weighted by Gasteiger charge is 2.18. The van der Waals surface area contributed by atoms with Gasteiger partial charge in [-0.1, -0.05) is 6.07 Å². The third kappa shape index (κ3) is 2.07. The molecular weight excluding hydrogens is 230 g/mol. The number of rotatable bonds is 3. The largest absolute Gasteiger partial charge is 0.325 e. The Kier molecular flexibility index (Phi) is 3.07. The monoisotopic (exact) mass is 247 g/mol. The molecule has 0 saturated carbocycles. The minimum atomic E-state index is 0.570. The maximum Gasteiger partial charge on any atom is 0.113 e. The summed E-state index contributed by atoms with van der Waals surface area (Å²) in [5.74, 6) is 4.54. The zero-order valence-corrected chi connectivity index (χ0v) is 10.6. The molecule has 1 fully saturated rings. The van der Waals surface area contributed by atoms with Crippen LogP contribution in [0.15, 0.2) is 24.4 Å². The summed E-state index contributed by atoms with van der Waals surface area (Å²) >= 11 is 2.06. The lowest BCUT2D eigenvalue weighted by Crippen LogP contribution is -2.10. The minimum Gasteiger partial charge on any atom is -0.325 e. The number of hydrogen-bond acceptors (Lipinski definition) is 3. The molecule has 1 unspecified atom stereocenters. The van der Waals surface area contributed by atoms with E-state index in [1.807, 2.05) is 6.20 Å². The maximum atomic E-state index is 5.80. The van der Waals surface area contributed by atoms with Crippen molar-refractivity contribution in [3.63, 3.8) is 0 Å². The SMILES string of the molecule is NCc1cccc2cnc(CC3CCSC3)n12. The smallest absolute Gasteiger partial charge is 0.113 e. The molecule has 3 nitrogen and oxygen atoms in total. The zero-order chi connectivity index (χ0) is 11.7. The quantitative estimate of drug-likeness (QED) is 0.903. The molecule has 2 aromatic rings. The average Bonchev–Trinajstić information content (AvgIpc) is 2.99. The molecule has 0 bridgehead atoms. The Morgan fingerprint density at radius 2 is 2.41 bits per heavy atom. The standard InChI is InChI=1S/C13H17N3S/c14-7-11-2-1-3-12-8-15-13(16(11)12)6-10-4-5-17-9-10/h1-3,8,10H,4-7,9,14H2. The van der Waals surface area contributed by atoms with Gasteiger partial charge in [-0.05, 0) is 36.0 Å². The number of hydrogen-bond donors (Lipinski definition) is 1. The van der Waals surface area contributed by atoms with E-state index in [9.17, 15) is 0 Å². The molecule has 1 saturated heterocycles. The number of imidazole rings is 1. The second-order valence-corrected chi connectivity index (χ2v) is 5.74. The van der Waals surface area contributed by atoms with Crippen LogP contribution in [-0.4, -0.2) is 20.9 Å². The molecule has 4 heteroatoms. The fourth-order valence-electron chi connectivity index (χ4n) is 2.49. The third-order valence-electron chi connectivity index (χ3n) is 3.41. The van der Waals surface area contributed by atoms with Crippen molar-refractivity contribution >= 4 is 17.3 Å². The minimum absolute atomic E-state index is 0.570. The van der Waals surface area contributed by atoms with Crippen LogP contribution in [0.25, 0.3) is 5.52 Å². The second-order valence-electron chi connectivity index (χ2n) is 4.59. The number of thioether (sulfide) groups is 1. The Hall–Kier alpha value is -1.00. The predicted octanol–water partition coefficient (Wildman–Crippen LogP) is 2.09. The number of nitrogens with two attached hydrogens (primary N) is 1. The van der Waals surface area contributed by atoms with Gasteiger partial charge in [0.2, 0.25) is 0 Å². The van der Waals surface area contributed by atoms with E-state index in [1.165, 1.54) is 23.8 Å². The van der Waals surface area contributed by atoms with Gasteiger partial charge in [0.25, 0.3) is 0 Å². The van der Waals surface area contributed by atoms with Crippen LogP contribution in [-0.2, 0) is 13.0 Å². The van der Waals surface area contributed by atoms with Crippen molar-refractivity contribution in [2.45, 2.75) is 19.4 Å². The number of aromatic nitrogens is 2. The van der Waals surface area contributed by atoms with E-state index in [2.05, 4.69) is 39.3 Å². The molecule has 2 aromatic heterocycles. The van der Waals surface area contributed by atoms with E-state index in [4.69, 9.17) is 5.73 Å². The lowest BCUT2D eigenvalue weighted by molar-refractivity contribution is 0.572. The van der Waals surface area contributed by atoms with Crippen molar-refractivity contribution < 1.29 is 0 Å². The van der Waals surface area contributed by atoms with Gasteiger partial charge in [-0.2, -0.15) is 11.8 Å². The van der Waals surface area contributed by atoms with Gasteiger partial charge < -0.3 is 5.73 Å². The van der Waals surface area contributed by atoms with Crippen LogP contribution in [0.2, 0.25) is 0 Å². The Balaban J connectivity index is 1.98. The Labute approximate surface area is 105 Å². The van der Waals surface area contributed by atoms with E-state index < -0.39 is 0 Å². The summed E-state index contributed by atoms with van der Waals surface area (Å²) in [6, 6.07) is 6.23. The lowest BCUT2D eigenvalue weighted by Gasteiger charge is -2.10. The van der Waals surface area contributed by atoms with Crippen LogP contribution in [0, 0.1) is 5.92 Å². The van der Waals surface area contributed by atoms with E-state index in [1.54, 1.807) is 0 Å². The molecule has 0 spiro atoms. The van der Waals surface area contributed by atoms with Gasteiger partial charge in [0, 0.05) is 18.7 Å². The normalized spacial score (nSPS) is 20.2. The highest BCUT2D eigenvalue weighted by atomic mass is 32.2. The first-order valence-corrected chi connectivity index (χ1v) is 7.26. The summed E-state index contributed by atoms with van der Waals surface area (Å²) in [5.41, 5.74) is 8.11. The van der Waals surface area contributed by atoms with Crippen LogP contribution in [0.3, 0.4) is 0 Å². The summed E-state index contributed by atoms with van der Waals surface area (Å²) in [4.78, 5) is 4.57. The van der Waals surface area contributed by atoms with Gasteiger partial charge in [0.15, 0.2) is 0 Å². The summed E-state index contributed by atoms with van der Waals surface area (Å²) in [7, 11) is 0. The predicted molar refractivity (Wildman–Crippen MR) is 72.2 cm³/mol. The fourth-order valence-corrected chi connectivity index (χ4v) is 3.78. The molecule has 1 atom stereocenters. The molecule has 2 N–H and O–H groups in total. The third-order valence-corrected chi connectivity index (χ3v) is 4.64. The first-order valence-electron chi connectivity index (χ1n) is 6.10. The number of fused-ring (bicyclic) bond motifs is 1. The topological polar surface area (TPSA) is 43.3 Å². The molecule has 0 aliphatic carbocycles. The van der Waals surface area contributed by atoms with Gasteiger partial charge in [-0.25, -0.2) is 4.98 Å². The maximum absolute atomic E-state index is 5.80. The van der Waals surface area contributed by atoms with Crippen LogP contribution in [0.4, 0.5) is 0 Å². The first kappa shape index (κ1) is 11.1. The van der Waals surface area contributed by atoms with Crippen molar-refractivity contribution in [3.05, 3.63) is 35.9 Å². The van der Waals surface area contributed by atoms with Gasteiger partial charge in [0.05, 0.1) is 11.7 Å². The summed E-state index contributed by atoms with van der Waals surface area (Å²) in [6.45, 7) is 0.570. The molecule has 90 valence electrons. The van der Waals surface area contributed by atoms with E-state index >= 15 is 0 Å². The van der Waals surface area contributed by atoms with Crippen molar-refractivity contribution in [1.82, 2.24) is 9.38 Å². The van der Waals surface area contributed by atoms with Crippen LogP contribution >= 0.6 is 11.8 Å². The average molecular weight is 247 g/mol. The number of pyridine rings is 1. The molecule has 1 aliphatic heterocycles. The molecule has 3 rings (SSSR count). The molecule has 1 aliphatic rings. The molecule has 0 amide bonds. The van der Waals surface area contributed by atoms with Gasteiger partial charge in [-0.3, -0.25) is 4.40 Å². The van der Waals surface area contributed by atoms with Gasteiger partial charge in [0.1, 0.15) is 5.82 Å². The van der Waals surface area contributed by atoms with E-state index in [-0.39, 0.29) is 0 Å². The molecule has 17 heavy (non-hydrogen) atoms. The number of nitrogens with zero attached hydrogens (tertiary/aromatic N) is 2. The van der Waals surface area contributed by atoms with E-state index in [0.29, 0.717) is 6.54 Å². The zero-order valence-electron chi connectivity index (χ0n) is 9.80. The second kappa shape index (κ2) is 4.70.